The largest absolute Gasteiger partial charge is 0.388 e. The molecular weight excluding hydrogens is 330 g/mol. The van der Waals surface area contributed by atoms with Gasteiger partial charge in [-0.2, -0.15) is 0 Å². The van der Waals surface area contributed by atoms with Gasteiger partial charge in [0.1, 0.15) is 0 Å². The van der Waals surface area contributed by atoms with Gasteiger partial charge in [-0.1, -0.05) is 71.8 Å². The second kappa shape index (κ2) is 8.19. The molecule has 0 spiro atoms. The van der Waals surface area contributed by atoms with E-state index in [1.165, 1.54) is 5.56 Å². The quantitative estimate of drug-likeness (QED) is 0.577. The number of benzene rings is 3. The number of aliphatic hydroxyl groups is 1. The lowest BCUT2D eigenvalue weighted by molar-refractivity contribution is 0.160. The first kappa shape index (κ1) is 17.5. The normalized spacial score (nSPS) is 13.2. The zero-order valence-corrected chi connectivity index (χ0v) is 14.9. The van der Waals surface area contributed by atoms with E-state index in [1.54, 1.807) is 0 Å². The number of aryl methyl sites for hydroxylation is 1. The van der Waals surface area contributed by atoms with E-state index in [9.17, 15) is 5.11 Å². The van der Waals surface area contributed by atoms with Gasteiger partial charge in [0.25, 0.3) is 0 Å². The van der Waals surface area contributed by atoms with Crippen molar-refractivity contribution in [2.75, 3.05) is 5.32 Å². The highest BCUT2D eigenvalue weighted by Gasteiger charge is 2.18. The van der Waals surface area contributed by atoms with Crippen LogP contribution < -0.4 is 5.32 Å². The van der Waals surface area contributed by atoms with Crippen LogP contribution in [0.25, 0.3) is 0 Å². The van der Waals surface area contributed by atoms with Gasteiger partial charge in [-0.05, 0) is 42.3 Å². The average molecular weight is 352 g/mol. The van der Waals surface area contributed by atoms with Gasteiger partial charge in [0, 0.05) is 17.1 Å². The van der Waals surface area contributed by atoms with Crippen LogP contribution in [-0.2, 0) is 0 Å². The van der Waals surface area contributed by atoms with Crippen LogP contribution in [0.1, 0.15) is 35.3 Å². The predicted octanol–water partition coefficient (Wildman–Crippen LogP) is 5.93. The molecule has 0 saturated heterocycles. The molecule has 0 aliphatic rings. The molecule has 0 heterocycles. The summed E-state index contributed by atoms with van der Waals surface area (Å²) in [6.07, 6.45) is 0.0426. The molecule has 3 aromatic carbocycles. The van der Waals surface area contributed by atoms with Gasteiger partial charge in [0.2, 0.25) is 0 Å². The molecular formula is C22H22ClNO. The molecule has 3 heteroatoms. The number of halogens is 1. The van der Waals surface area contributed by atoms with Crippen LogP contribution in [0.15, 0.2) is 78.9 Å². The number of aliphatic hydroxyl groups excluding tert-OH is 1. The molecule has 0 aliphatic carbocycles. The summed E-state index contributed by atoms with van der Waals surface area (Å²) in [4.78, 5) is 0. The summed E-state index contributed by atoms with van der Waals surface area (Å²) in [7, 11) is 0. The van der Waals surface area contributed by atoms with E-state index in [-0.39, 0.29) is 6.04 Å². The van der Waals surface area contributed by atoms with Crippen molar-refractivity contribution in [3.63, 3.8) is 0 Å². The highest BCUT2D eigenvalue weighted by atomic mass is 35.5. The van der Waals surface area contributed by atoms with Crippen LogP contribution in [-0.4, -0.2) is 5.11 Å². The summed E-state index contributed by atoms with van der Waals surface area (Å²) >= 11 is 5.97. The Morgan fingerprint density at radius 2 is 1.48 bits per heavy atom. The Labute approximate surface area is 154 Å². The Bertz CT molecular complexity index is 785. The molecule has 2 N–H and O–H groups in total. The van der Waals surface area contributed by atoms with E-state index < -0.39 is 6.10 Å². The second-order valence-corrected chi connectivity index (χ2v) is 6.71. The number of hydrogen-bond acceptors (Lipinski definition) is 2. The molecule has 128 valence electrons. The molecule has 3 aromatic rings. The lowest BCUT2D eigenvalue weighted by Gasteiger charge is -2.23. The third kappa shape index (κ3) is 4.85. The molecule has 2 nitrogen and oxygen atoms in total. The number of rotatable bonds is 6. The summed E-state index contributed by atoms with van der Waals surface area (Å²) in [6, 6.07) is 25.9. The minimum Gasteiger partial charge on any atom is -0.388 e. The maximum Gasteiger partial charge on any atom is 0.0812 e. The van der Waals surface area contributed by atoms with Crippen molar-refractivity contribution in [2.45, 2.75) is 25.5 Å². The van der Waals surface area contributed by atoms with Crippen molar-refractivity contribution in [3.05, 3.63) is 101 Å². The highest BCUT2D eigenvalue weighted by Crippen LogP contribution is 2.30. The topological polar surface area (TPSA) is 32.3 Å². The molecule has 0 saturated carbocycles. The molecule has 0 amide bonds. The van der Waals surface area contributed by atoms with Crippen molar-refractivity contribution in [2.24, 2.45) is 0 Å². The number of hydrogen-bond donors (Lipinski definition) is 2. The Morgan fingerprint density at radius 3 is 2.12 bits per heavy atom. The van der Waals surface area contributed by atoms with Crippen LogP contribution >= 0.6 is 11.6 Å². The molecule has 0 aliphatic heterocycles. The lowest BCUT2D eigenvalue weighted by atomic mass is 9.96. The van der Waals surface area contributed by atoms with Crippen LogP contribution in [0.3, 0.4) is 0 Å². The van der Waals surface area contributed by atoms with Crippen molar-refractivity contribution < 1.29 is 5.11 Å². The first-order valence-electron chi connectivity index (χ1n) is 8.43. The predicted molar refractivity (Wildman–Crippen MR) is 105 cm³/mol. The van der Waals surface area contributed by atoms with Gasteiger partial charge in [-0.3, -0.25) is 0 Å². The average Bonchev–Trinajstić information content (AvgIpc) is 2.64. The summed E-state index contributed by atoms with van der Waals surface area (Å²) < 4.78 is 0. The van der Waals surface area contributed by atoms with Crippen LogP contribution in [0.2, 0.25) is 5.02 Å². The summed E-state index contributed by atoms with van der Waals surface area (Å²) in [5.74, 6) is 0. The Kier molecular flexibility index (Phi) is 5.75. The van der Waals surface area contributed by atoms with E-state index in [4.69, 9.17) is 11.6 Å². The van der Waals surface area contributed by atoms with Crippen molar-refractivity contribution in [3.8, 4) is 0 Å². The maximum atomic E-state index is 10.7. The van der Waals surface area contributed by atoms with Crippen LogP contribution in [0.4, 0.5) is 5.69 Å². The zero-order chi connectivity index (χ0) is 17.6. The number of nitrogens with one attached hydrogen (secondary N) is 1. The van der Waals surface area contributed by atoms with Crippen LogP contribution in [0, 0.1) is 6.92 Å². The third-order valence-corrected chi connectivity index (χ3v) is 4.56. The highest BCUT2D eigenvalue weighted by molar-refractivity contribution is 6.30. The molecule has 0 fully saturated rings. The summed E-state index contributed by atoms with van der Waals surface area (Å²) in [5.41, 5.74) is 4.25. The monoisotopic (exact) mass is 351 g/mol. The lowest BCUT2D eigenvalue weighted by Crippen LogP contribution is -2.14. The zero-order valence-electron chi connectivity index (χ0n) is 14.2. The fraction of sp³-hybridized carbons (Fsp3) is 0.182. The minimum atomic E-state index is -0.536. The maximum absolute atomic E-state index is 10.7. The smallest absolute Gasteiger partial charge is 0.0812 e. The van der Waals surface area contributed by atoms with E-state index in [0.29, 0.717) is 11.4 Å². The molecule has 0 radical (unpaired) electrons. The first-order chi connectivity index (χ1) is 12.1. The van der Waals surface area contributed by atoms with E-state index in [0.717, 1.165) is 16.8 Å². The third-order valence-electron chi connectivity index (χ3n) is 4.31. The van der Waals surface area contributed by atoms with Gasteiger partial charge in [0.05, 0.1) is 12.1 Å². The van der Waals surface area contributed by atoms with Gasteiger partial charge < -0.3 is 10.4 Å². The standard InChI is InChI=1S/C22H22ClNO/c1-16-7-9-18(10-8-16)22(25)15-21(17-5-3-2-4-6-17)24-20-13-11-19(23)12-14-20/h2-14,21-22,24-25H,15H2,1H3. The molecule has 0 bridgehead atoms. The molecule has 2 unspecified atom stereocenters. The second-order valence-electron chi connectivity index (χ2n) is 6.28. The summed E-state index contributed by atoms with van der Waals surface area (Å²) in [6.45, 7) is 2.05. The number of anilines is 1. The molecule has 2 atom stereocenters. The van der Waals surface area contributed by atoms with Gasteiger partial charge in [0.15, 0.2) is 0 Å². The van der Waals surface area contributed by atoms with Crippen molar-refractivity contribution >= 4 is 17.3 Å². The Balaban J connectivity index is 1.81. The van der Waals surface area contributed by atoms with Gasteiger partial charge in [-0.15, -0.1) is 0 Å². The van der Waals surface area contributed by atoms with E-state index in [1.807, 2.05) is 73.7 Å². The van der Waals surface area contributed by atoms with Gasteiger partial charge in [-0.25, -0.2) is 0 Å². The molecule has 0 aromatic heterocycles. The van der Waals surface area contributed by atoms with Crippen LogP contribution in [0.5, 0.6) is 0 Å². The van der Waals surface area contributed by atoms with Crippen molar-refractivity contribution in [1.82, 2.24) is 0 Å². The minimum absolute atomic E-state index is 0.00122. The van der Waals surface area contributed by atoms with E-state index in [2.05, 4.69) is 17.4 Å². The molecule has 3 rings (SSSR count). The molecule has 25 heavy (non-hydrogen) atoms. The summed E-state index contributed by atoms with van der Waals surface area (Å²) in [5, 5.41) is 14.9. The SMILES string of the molecule is Cc1ccc(C(O)CC(Nc2ccc(Cl)cc2)c2ccccc2)cc1. The Morgan fingerprint density at radius 1 is 0.840 bits per heavy atom. The fourth-order valence-electron chi connectivity index (χ4n) is 2.86. The van der Waals surface area contributed by atoms with E-state index >= 15 is 0 Å². The van der Waals surface area contributed by atoms with Gasteiger partial charge >= 0.3 is 0 Å². The first-order valence-corrected chi connectivity index (χ1v) is 8.81. The fourth-order valence-corrected chi connectivity index (χ4v) is 2.98. The Hall–Kier alpha value is -2.29. The van der Waals surface area contributed by atoms with Crippen molar-refractivity contribution in [1.29, 1.82) is 0 Å².